The number of hydrogen-bond donors (Lipinski definition) is 3. The van der Waals surface area contributed by atoms with Crippen LogP contribution in [-0.4, -0.2) is 43.2 Å². The summed E-state index contributed by atoms with van der Waals surface area (Å²) >= 11 is 1.55. The van der Waals surface area contributed by atoms with Crippen LogP contribution in [0.2, 0.25) is 0 Å². The highest BCUT2D eigenvalue weighted by Crippen LogP contribution is 2.43. The van der Waals surface area contributed by atoms with E-state index in [1.54, 1.807) is 16.4 Å². The number of para-hydroxylation sites is 1. The number of aliphatic hydroxyl groups excluding tert-OH is 1. The highest BCUT2D eigenvalue weighted by molar-refractivity contribution is 7.99. The molecule has 52 heavy (non-hydrogen) atoms. The van der Waals surface area contributed by atoms with E-state index in [0.717, 1.165) is 44.6 Å². The Morgan fingerprint density at radius 2 is 1.42 bits per heavy atom. The number of aliphatic hydroxyl groups is 1. The number of nitrogens with zero attached hydrogens (tertiary/aromatic N) is 4. The second kappa shape index (κ2) is 16.8. The van der Waals surface area contributed by atoms with Gasteiger partial charge in [0.25, 0.3) is 0 Å². The number of rotatable bonds is 12. The summed E-state index contributed by atoms with van der Waals surface area (Å²) in [6, 6.07) is 43.7. The number of urea groups is 1. The van der Waals surface area contributed by atoms with E-state index in [0.29, 0.717) is 24.0 Å². The first-order valence-corrected chi connectivity index (χ1v) is 18.2. The van der Waals surface area contributed by atoms with E-state index in [1.165, 1.54) is 0 Å². The van der Waals surface area contributed by atoms with E-state index in [4.69, 9.17) is 9.47 Å². The molecule has 4 atom stereocenters. The molecule has 0 saturated carbocycles. The normalized spacial score (nSPS) is 18.5. The van der Waals surface area contributed by atoms with Crippen molar-refractivity contribution in [2.45, 2.75) is 50.3 Å². The maximum atomic E-state index is 12.4. The molecule has 0 bridgehead atoms. The van der Waals surface area contributed by atoms with Gasteiger partial charge in [0.15, 0.2) is 6.29 Å². The molecule has 0 aliphatic carbocycles. The standard InChI is InChI=1S/C41H40N6O4S/c1-28-37(27-52-41-44-45-46-47(41)36-13-6-3-7-14-36)50-39(51-38(28)33-17-15-30(26-48)16-18-33)34-21-19-32(20-22-34)35-12-8-11-31(23-35)25-43-40(49)42-24-29-9-4-2-5-10-29/h2-23,28,37-39,48H,24-27H2,1H3,(H2,42,43,49)/t28-,37+,38+,39+/m1/s1. The van der Waals surface area contributed by atoms with E-state index in [1.807, 2.05) is 109 Å². The number of amides is 2. The number of carbonyl (C=O) groups is 1. The number of nitrogens with one attached hydrogen (secondary N) is 2. The first-order valence-electron chi connectivity index (χ1n) is 17.3. The zero-order chi connectivity index (χ0) is 35.7. The topological polar surface area (TPSA) is 123 Å². The lowest BCUT2D eigenvalue weighted by molar-refractivity contribution is -0.268. The van der Waals surface area contributed by atoms with Gasteiger partial charge >= 0.3 is 6.03 Å². The molecule has 1 aliphatic heterocycles. The van der Waals surface area contributed by atoms with Crippen LogP contribution in [0.3, 0.4) is 0 Å². The maximum absolute atomic E-state index is 12.4. The first-order chi connectivity index (χ1) is 25.5. The minimum absolute atomic E-state index is 0.0147. The molecule has 3 N–H and O–H groups in total. The van der Waals surface area contributed by atoms with Crippen LogP contribution < -0.4 is 10.6 Å². The largest absolute Gasteiger partial charge is 0.392 e. The van der Waals surface area contributed by atoms with E-state index in [2.05, 4.69) is 57.3 Å². The van der Waals surface area contributed by atoms with Gasteiger partial charge in [-0.05, 0) is 62.0 Å². The zero-order valence-electron chi connectivity index (χ0n) is 28.7. The predicted molar refractivity (Wildman–Crippen MR) is 200 cm³/mol. The molecule has 2 amide bonds. The maximum Gasteiger partial charge on any atom is 0.315 e. The fourth-order valence-corrected chi connectivity index (χ4v) is 7.24. The van der Waals surface area contributed by atoms with E-state index in [-0.39, 0.29) is 30.8 Å². The van der Waals surface area contributed by atoms with Gasteiger partial charge in [-0.1, -0.05) is 134 Å². The molecule has 0 unspecified atom stereocenters. The van der Waals surface area contributed by atoms with Crippen molar-refractivity contribution in [1.82, 2.24) is 30.8 Å². The Balaban J connectivity index is 1.04. The van der Waals surface area contributed by atoms with Crippen molar-refractivity contribution in [1.29, 1.82) is 0 Å². The van der Waals surface area contributed by atoms with Gasteiger partial charge in [0.2, 0.25) is 5.16 Å². The Bertz CT molecular complexity index is 2040. The molecule has 2 heterocycles. The summed E-state index contributed by atoms with van der Waals surface area (Å²) in [5, 5.41) is 28.6. The number of ether oxygens (including phenoxy) is 2. The minimum Gasteiger partial charge on any atom is -0.392 e. The Labute approximate surface area is 307 Å². The lowest BCUT2D eigenvalue weighted by Gasteiger charge is -2.41. The highest BCUT2D eigenvalue weighted by Gasteiger charge is 2.38. The van der Waals surface area contributed by atoms with Gasteiger partial charge in [0, 0.05) is 30.3 Å². The van der Waals surface area contributed by atoms with Gasteiger partial charge in [-0.15, -0.1) is 5.10 Å². The zero-order valence-corrected chi connectivity index (χ0v) is 29.5. The summed E-state index contributed by atoms with van der Waals surface area (Å²) in [6.07, 6.45) is -1.02. The summed E-state index contributed by atoms with van der Waals surface area (Å²) in [7, 11) is 0. The van der Waals surface area contributed by atoms with Crippen LogP contribution in [0.1, 0.15) is 47.1 Å². The molecule has 10 nitrogen and oxygen atoms in total. The predicted octanol–water partition coefficient (Wildman–Crippen LogP) is 7.40. The Kier molecular flexibility index (Phi) is 11.3. The quantitative estimate of drug-likeness (QED) is 0.112. The van der Waals surface area contributed by atoms with E-state index >= 15 is 0 Å². The number of benzene rings is 5. The summed E-state index contributed by atoms with van der Waals surface area (Å²) < 4.78 is 15.1. The molecule has 11 heteroatoms. The number of carbonyl (C=O) groups excluding carboxylic acids is 1. The molecule has 0 radical (unpaired) electrons. The fraction of sp³-hybridized carbons (Fsp3) is 0.220. The average Bonchev–Trinajstić information content (AvgIpc) is 3.69. The SMILES string of the molecule is C[C@@H]1[C@H](CSc2nnnn2-c2ccccc2)O[C@H](c2ccc(-c3cccc(CNC(=O)NCc4ccccc4)c3)cc2)O[C@@H]1c1ccc(CO)cc1. The van der Waals surface area contributed by atoms with Crippen LogP contribution in [0.25, 0.3) is 16.8 Å². The van der Waals surface area contributed by atoms with Crippen LogP contribution in [0.4, 0.5) is 4.79 Å². The van der Waals surface area contributed by atoms with Crippen LogP contribution >= 0.6 is 11.8 Å². The summed E-state index contributed by atoms with van der Waals surface area (Å²) in [4.78, 5) is 12.4. The van der Waals surface area contributed by atoms with Gasteiger partial charge < -0.3 is 25.2 Å². The fourth-order valence-electron chi connectivity index (χ4n) is 6.18. The molecule has 7 rings (SSSR count). The number of aromatic nitrogens is 4. The highest BCUT2D eigenvalue weighted by atomic mass is 32.2. The van der Waals surface area contributed by atoms with Gasteiger partial charge in [-0.2, -0.15) is 4.68 Å². The summed E-state index contributed by atoms with van der Waals surface area (Å²) in [6.45, 7) is 3.01. The van der Waals surface area contributed by atoms with Gasteiger partial charge in [-0.25, -0.2) is 4.79 Å². The van der Waals surface area contributed by atoms with Crippen molar-refractivity contribution < 1.29 is 19.4 Å². The third kappa shape index (κ3) is 8.58. The second-order valence-corrected chi connectivity index (χ2v) is 13.7. The number of tetrazole rings is 1. The second-order valence-electron chi connectivity index (χ2n) is 12.7. The smallest absolute Gasteiger partial charge is 0.315 e. The van der Waals surface area contributed by atoms with Gasteiger partial charge in [-0.3, -0.25) is 0 Å². The minimum atomic E-state index is -0.603. The van der Waals surface area contributed by atoms with Crippen molar-refractivity contribution in [2.75, 3.05) is 5.75 Å². The van der Waals surface area contributed by atoms with Crippen molar-refractivity contribution in [3.05, 3.63) is 161 Å². The van der Waals surface area contributed by atoms with Crippen molar-refractivity contribution >= 4 is 17.8 Å². The molecule has 1 aliphatic rings. The molecule has 1 aromatic heterocycles. The van der Waals surface area contributed by atoms with Crippen LogP contribution in [0.15, 0.2) is 139 Å². The Hall–Kier alpha value is -5.33. The monoisotopic (exact) mass is 712 g/mol. The van der Waals surface area contributed by atoms with E-state index in [9.17, 15) is 9.90 Å². The van der Waals surface area contributed by atoms with Crippen LogP contribution in [0.5, 0.6) is 0 Å². The molecule has 264 valence electrons. The third-order valence-corrected chi connectivity index (χ3v) is 10.1. The van der Waals surface area contributed by atoms with E-state index < -0.39 is 6.29 Å². The molecule has 5 aromatic carbocycles. The average molecular weight is 713 g/mol. The lowest BCUT2D eigenvalue weighted by atomic mass is 9.91. The Morgan fingerprint density at radius 1 is 0.750 bits per heavy atom. The molecule has 1 fully saturated rings. The van der Waals surface area contributed by atoms with Crippen molar-refractivity contribution in [2.24, 2.45) is 5.92 Å². The summed E-state index contributed by atoms with van der Waals surface area (Å²) in [5.74, 6) is 0.628. The third-order valence-electron chi connectivity index (χ3n) is 9.13. The number of hydrogen-bond acceptors (Lipinski definition) is 8. The Morgan fingerprint density at radius 3 is 2.15 bits per heavy atom. The number of thioether (sulfide) groups is 1. The van der Waals surface area contributed by atoms with Gasteiger partial charge in [0.05, 0.1) is 24.5 Å². The molecular weight excluding hydrogens is 673 g/mol. The lowest BCUT2D eigenvalue weighted by Crippen LogP contribution is -2.38. The molecule has 0 spiro atoms. The van der Waals surface area contributed by atoms with Crippen molar-refractivity contribution in [3.63, 3.8) is 0 Å². The molecule has 6 aromatic rings. The van der Waals surface area contributed by atoms with Crippen LogP contribution in [0, 0.1) is 5.92 Å². The summed E-state index contributed by atoms with van der Waals surface area (Å²) in [5.41, 5.74) is 7.80. The first kappa shape index (κ1) is 35.1. The molecular formula is C41H40N6O4S. The van der Waals surface area contributed by atoms with Crippen molar-refractivity contribution in [3.8, 4) is 16.8 Å². The molecule has 1 saturated heterocycles. The van der Waals surface area contributed by atoms with Crippen LogP contribution in [-0.2, 0) is 29.2 Å². The van der Waals surface area contributed by atoms with Gasteiger partial charge in [0.1, 0.15) is 0 Å².